The van der Waals surface area contributed by atoms with Crippen LogP contribution in [0.2, 0.25) is 0 Å². The Morgan fingerprint density at radius 2 is 2.16 bits per heavy atom. The molecule has 4 nitrogen and oxygen atoms in total. The second-order valence-corrected chi connectivity index (χ2v) is 5.14. The van der Waals surface area contributed by atoms with E-state index in [1.165, 1.54) is 17.4 Å². The molecule has 5 heteroatoms. The first-order valence-corrected chi connectivity index (χ1v) is 7.18. The second kappa shape index (κ2) is 7.09. The number of aliphatic carboxylic acids is 1. The van der Waals surface area contributed by atoms with Crippen molar-refractivity contribution in [1.82, 2.24) is 4.90 Å². The minimum absolute atomic E-state index is 0.0307. The van der Waals surface area contributed by atoms with Gasteiger partial charge < -0.3 is 10.0 Å². The monoisotopic (exact) mass is 281 g/mol. The van der Waals surface area contributed by atoms with Crippen LogP contribution in [0.4, 0.5) is 0 Å². The van der Waals surface area contributed by atoms with Crippen LogP contribution in [-0.4, -0.2) is 34.5 Å². The number of rotatable bonds is 6. The molecular weight excluding hydrogens is 262 g/mol. The number of carboxylic acids is 1. The Hall–Kier alpha value is -1.62. The minimum Gasteiger partial charge on any atom is -0.478 e. The van der Waals surface area contributed by atoms with Crippen LogP contribution in [0.15, 0.2) is 17.5 Å². The molecule has 1 atom stereocenters. The summed E-state index contributed by atoms with van der Waals surface area (Å²) >= 11 is 1.35. The second-order valence-electron chi connectivity index (χ2n) is 4.23. The highest BCUT2D eigenvalue weighted by Gasteiger charge is 2.21. The van der Waals surface area contributed by atoms with Crippen LogP contribution in [-0.2, 0) is 4.79 Å². The minimum atomic E-state index is -1.01. The van der Waals surface area contributed by atoms with Gasteiger partial charge in [0, 0.05) is 18.7 Å². The Bertz CT molecular complexity index is 479. The highest BCUT2D eigenvalue weighted by molar-refractivity contribution is 7.12. The van der Waals surface area contributed by atoms with Gasteiger partial charge in [-0.2, -0.15) is 0 Å². The van der Waals surface area contributed by atoms with Crippen LogP contribution in [0.3, 0.4) is 0 Å². The lowest BCUT2D eigenvalue weighted by atomic mass is 10.1. The molecule has 0 spiro atoms. The van der Waals surface area contributed by atoms with Gasteiger partial charge in [-0.15, -0.1) is 11.3 Å². The highest BCUT2D eigenvalue weighted by atomic mass is 32.1. The topological polar surface area (TPSA) is 57.6 Å². The van der Waals surface area contributed by atoms with Crippen molar-refractivity contribution in [3.05, 3.63) is 28.0 Å². The van der Waals surface area contributed by atoms with Gasteiger partial charge in [-0.05, 0) is 43.4 Å². The van der Waals surface area contributed by atoms with Gasteiger partial charge in [0.1, 0.15) is 0 Å². The summed E-state index contributed by atoms with van der Waals surface area (Å²) in [6, 6.07) is 1.94. The van der Waals surface area contributed by atoms with Gasteiger partial charge in [0.25, 0.3) is 5.91 Å². The van der Waals surface area contributed by atoms with E-state index < -0.39 is 5.97 Å². The molecule has 0 fully saturated rings. The van der Waals surface area contributed by atoms with Crippen molar-refractivity contribution in [2.24, 2.45) is 0 Å². The smallest absolute Gasteiger partial charge is 0.328 e. The third-order valence-corrected chi connectivity index (χ3v) is 3.94. The van der Waals surface area contributed by atoms with E-state index >= 15 is 0 Å². The standard InChI is InChI=1S/C14H19NO3S/c1-4-10(3)15(5-2)14(18)13-11(8-9-19-13)6-7-12(16)17/h6-10H,4-5H2,1-3H3,(H,16,17). The zero-order valence-electron chi connectivity index (χ0n) is 11.4. The summed E-state index contributed by atoms with van der Waals surface area (Å²) < 4.78 is 0. The predicted molar refractivity (Wildman–Crippen MR) is 77.5 cm³/mol. The Morgan fingerprint density at radius 3 is 2.68 bits per heavy atom. The van der Waals surface area contributed by atoms with Crippen molar-refractivity contribution in [2.45, 2.75) is 33.2 Å². The van der Waals surface area contributed by atoms with E-state index in [1.54, 1.807) is 11.4 Å². The van der Waals surface area contributed by atoms with Gasteiger partial charge in [0.2, 0.25) is 0 Å². The molecule has 0 aliphatic rings. The van der Waals surface area contributed by atoms with Crippen LogP contribution in [0.25, 0.3) is 6.08 Å². The maximum absolute atomic E-state index is 12.5. The van der Waals surface area contributed by atoms with Crippen LogP contribution in [0.1, 0.15) is 42.4 Å². The lowest BCUT2D eigenvalue weighted by Crippen LogP contribution is -2.37. The third kappa shape index (κ3) is 3.92. The average molecular weight is 281 g/mol. The Kier molecular flexibility index (Phi) is 5.76. The Balaban J connectivity index is 2.99. The van der Waals surface area contributed by atoms with Crippen molar-refractivity contribution >= 4 is 29.3 Å². The molecular formula is C14H19NO3S. The summed E-state index contributed by atoms with van der Waals surface area (Å²) in [5, 5.41) is 10.4. The fourth-order valence-corrected chi connectivity index (χ4v) is 2.63. The maximum Gasteiger partial charge on any atom is 0.328 e. The summed E-state index contributed by atoms with van der Waals surface area (Å²) in [7, 11) is 0. The van der Waals surface area contributed by atoms with Crippen molar-refractivity contribution < 1.29 is 14.7 Å². The predicted octanol–water partition coefficient (Wildman–Crippen LogP) is 3.11. The SMILES string of the molecule is CCC(C)N(CC)C(=O)c1sccc1C=CC(=O)O. The Morgan fingerprint density at radius 1 is 1.47 bits per heavy atom. The van der Waals surface area contributed by atoms with Crippen LogP contribution < -0.4 is 0 Å². The molecule has 104 valence electrons. The average Bonchev–Trinajstić information content (AvgIpc) is 2.84. The number of amides is 1. The molecule has 1 rings (SSSR count). The number of carbonyl (C=O) groups excluding carboxylic acids is 1. The zero-order valence-corrected chi connectivity index (χ0v) is 12.2. The van der Waals surface area contributed by atoms with E-state index in [4.69, 9.17) is 5.11 Å². The summed E-state index contributed by atoms with van der Waals surface area (Å²) in [4.78, 5) is 25.4. The van der Waals surface area contributed by atoms with Gasteiger partial charge in [-0.25, -0.2) is 4.79 Å². The van der Waals surface area contributed by atoms with E-state index in [0.717, 1.165) is 12.5 Å². The van der Waals surface area contributed by atoms with E-state index in [2.05, 4.69) is 0 Å². The fraction of sp³-hybridized carbons (Fsp3) is 0.429. The summed E-state index contributed by atoms with van der Waals surface area (Å²) in [5.74, 6) is -1.05. The maximum atomic E-state index is 12.5. The number of nitrogens with zero attached hydrogens (tertiary/aromatic N) is 1. The lowest BCUT2D eigenvalue weighted by molar-refractivity contribution is -0.131. The largest absolute Gasteiger partial charge is 0.478 e. The molecule has 1 amide bonds. The summed E-state index contributed by atoms with van der Waals surface area (Å²) in [6.45, 7) is 6.65. The Labute approximate surface area is 117 Å². The van der Waals surface area contributed by atoms with Crippen LogP contribution >= 0.6 is 11.3 Å². The van der Waals surface area contributed by atoms with Crippen molar-refractivity contribution in [3.63, 3.8) is 0 Å². The van der Waals surface area contributed by atoms with Crippen molar-refractivity contribution in [3.8, 4) is 0 Å². The van der Waals surface area contributed by atoms with E-state index in [0.29, 0.717) is 17.0 Å². The molecule has 0 saturated carbocycles. The van der Waals surface area contributed by atoms with Gasteiger partial charge in [-0.1, -0.05) is 6.92 Å². The number of carbonyl (C=O) groups is 2. The first-order valence-electron chi connectivity index (χ1n) is 6.30. The zero-order chi connectivity index (χ0) is 14.4. The van der Waals surface area contributed by atoms with Gasteiger partial charge in [-0.3, -0.25) is 4.79 Å². The quantitative estimate of drug-likeness (QED) is 0.815. The molecule has 1 N–H and O–H groups in total. The number of carboxylic acid groups (broad SMARTS) is 1. The van der Waals surface area contributed by atoms with E-state index in [-0.39, 0.29) is 11.9 Å². The lowest BCUT2D eigenvalue weighted by Gasteiger charge is -2.27. The molecule has 0 aromatic carbocycles. The molecule has 1 unspecified atom stereocenters. The molecule has 19 heavy (non-hydrogen) atoms. The van der Waals surface area contributed by atoms with E-state index in [1.807, 2.05) is 25.7 Å². The van der Waals surface area contributed by atoms with Crippen molar-refractivity contribution in [2.75, 3.05) is 6.54 Å². The normalized spacial score (nSPS) is 12.6. The molecule has 1 aromatic rings. The summed E-state index contributed by atoms with van der Waals surface area (Å²) in [6.07, 6.45) is 3.42. The first-order chi connectivity index (χ1) is 9.01. The van der Waals surface area contributed by atoms with Gasteiger partial charge >= 0.3 is 5.97 Å². The third-order valence-electron chi connectivity index (χ3n) is 3.02. The summed E-state index contributed by atoms with van der Waals surface area (Å²) in [5.41, 5.74) is 0.666. The molecule has 0 radical (unpaired) electrons. The molecule has 0 aliphatic carbocycles. The van der Waals surface area contributed by atoms with E-state index in [9.17, 15) is 9.59 Å². The number of hydrogen-bond acceptors (Lipinski definition) is 3. The molecule has 0 saturated heterocycles. The number of thiophene rings is 1. The highest BCUT2D eigenvalue weighted by Crippen LogP contribution is 2.22. The van der Waals surface area contributed by atoms with Gasteiger partial charge in [0.15, 0.2) is 0 Å². The van der Waals surface area contributed by atoms with Gasteiger partial charge in [0.05, 0.1) is 4.88 Å². The van der Waals surface area contributed by atoms with Crippen molar-refractivity contribution in [1.29, 1.82) is 0 Å². The molecule has 1 aromatic heterocycles. The van der Waals surface area contributed by atoms with Crippen LogP contribution in [0, 0.1) is 0 Å². The fourth-order valence-electron chi connectivity index (χ4n) is 1.79. The van der Waals surface area contributed by atoms with Crippen LogP contribution in [0.5, 0.6) is 0 Å². The molecule has 0 aliphatic heterocycles. The molecule has 1 heterocycles. The first kappa shape index (κ1) is 15.4. The number of hydrogen-bond donors (Lipinski definition) is 1. The molecule has 0 bridgehead atoms.